The zero-order valence-electron chi connectivity index (χ0n) is 10.7. The fourth-order valence-corrected chi connectivity index (χ4v) is 1.47. The Morgan fingerprint density at radius 2 is 2.17 bits per heavy atom. The summed E-state index contributed by atoms with van der Waals surface area (Å²) in [4.78, 5) is 7.99. The Morgan fingerprint density at radius 1 is 1.39 bits per heavy atom. The Bertz CT molecular complexity index is 382. The summed E-state index contributed by atoms with van der Waals surface area (Å²) in [5.74, 6) is -0.0507. The highest BCUT2D eigenvalue weighted by Gasteiger charge is 2.04. The smallest absolute Gasteiger partial charge is 0.317 e. The van der Waals surface area contributed by atoms with Crippen LogP contribution in [0.1, 0.15) is 44.7 Å². The molecular weight excluding hydrogens is 232 g/mol. The zero-order valence-corrected chi connectivity index (χ0v) is 10.7. The van der Waals surface area contributed by atoms with Gasteiger partial charge in [-0.3, -0.25) is 0 Å². The van der Waals surface area contributed by atoms with E-state index < -0.39 is 0 Å². The van der Waals surface area contributed by atoms with Crippen molar-refractivity contribution in [2.45, 2.75) is 39.0 Å². The number of nitrogens with zero attached hydrogens (tertiary/aromatic N) is 3. The number of oxime groups is 1. The van der Waals surface area contributed by atoms with Crippen LogP contribution in [0.15, 0.2) is 17.4 Å². The van der Waals surface area contributed by atoms with Crippen molar-refractivity contribution < 1.29 is 9.94 Å². The second-order valence-electron chi connectivity index (χ2n) is 3.97. The molecule has 0 aromatic carbocycles. The van der Waals surface area contributed by atoms with Crippen molar-refractivity contribution in [3.05, 3.63) is 18.0 Å². The summed E-state index contributed by atoms with van der Waals surface area (Å²) < 4.78 is 5.41. The predicted molar refractivity (Wildman–Crippen MR) is 68.8 cm³/mol. The molecule has 0 aliphatic rings. The van der Waals surface area contributed by atoms with Crippen LogP contribution in [0.5, 0.6) is 6.01 Å². The van der Waals surface area contributed by atoms with Crippen molar-refractivity contribution in [1.29, 1.82) is 0 Å². The van der Waals surface area contributed by atoms with Gasteiger partial charge < -0.3 is 15.7 Å². The number of aromatic nitrogens is 2. The maximum absolute atomic E-state index is 8.54. The molecule has 0 radical (unpaired) electrons. The van der Waals surface area contributed by atoms with Gasteiger partial charge in [0.05, 0.1) is 6.61 Å². The van der Waals surface area contributed by atoms with E-state index >= 15 is 0 Å². The van der Waals surface area contributed by atoms with Gasteiger partial charge in [0.2, 0.25) is 0 Å². The van der Waals surface area contributed by atoms with E-state index in [4.69, 9.17) is 15.7 Å². The van der Waals surface area contributed by atoms with E-state index in [0.29, 0.717) is 12.3 Å². The maximum Gasteiger partial charge on any atom is 0.317 e. The second-order valence-corrected chi connectivity index (χ2v) is 3.97. The monoisotopic (exact) mass is 252 g/mol. The van der Waals surface area contributed by atoms with Crippen molar-refractivity contribution in [3.8, 4) is 6.01 Å². The van der Waals surface area contributed by atoms with Gasteiger partial charge in [0.1, 0.15) is 5.69 Å². The summed E-state index contributed by atoms with van der Waals surface area (Å²) in [7, 11) is 0. The van der Waals surface area contributed by atoms with Crippen LogP contribution < -0.4 is 10.5 Å². The molecule has 0 spiro atoms. The van der Waals surface area contributed by atoms with Crippen LogP contribution in [0.2, 0.25) is 0 Å². The minimum atomic E-state index is -0.0507. The predicted octanol–water partition coefficient (Wildman–Crippen LogP) is 1.92. The second kappa shape index (κ2) is 8.27. The number of hydrogen-bond acceptors (Lipinski definition) is 5. The van der Waals surface area contributed by atoms with Crippen molar-refractivity contribution in [2.24, 2.45) is 10.9 Å². The Labute approximate surface area is 107 Å². The van der Waals surface area contributed by atoms with Gasteiger partial charge in [-0.1, -0.05) is 37.8 Å². The van der Waals surface area contributed by atoms with Crippen LogP contribution in [0.4, 0.5) is 0 Å². The summed E-state index contributed by atoms with van der Waals surface area (Å²) in [6, 6.07) is 1.82. The van der Waals surface area contributed by atoms with Crippen LogP contribution >= 0.6 is 0 Å². The molecule has 18 heavy (non-hydrogen) atoms. The fraction of sp³-hybridized carbons (Fsp3) is 0.583. The molecule has 1 rings (SSSR count). The molecule has 1 aromatic rings. The topological polar surface area (TPSA) is 93.6 Å². The molecule has 0 aliphatic heterocycles. The highest BCUT2D eigenvalue weighted by molar-refractivity contribution is 5.95. The summed E-state index contributed by atoms with van der Waals surface area (Å²) in [6.45, 7) is 2.77. The van der Waals surface area contributed by atoms with Gasteiger partial charge in [-0.15, -0.1) is 0 Å². The minimum absolute atomic E-state index is 0.0507. The third-order valence-electron chi connectivity index (χ3n) is 2.48. The lowest BCUT2D eigenvalue weighted by Gasteiger charge is -2.05. The number of ether oxygens (including phenoxy) is 1. The lowest BCUT2D eigenvalue weighted by molar-refractivity contribution is 0.281. The first kappa shape index (κ1) is 14.2. The van der Waals surface area contributed by atoms with E-state index in [1.165, 1.54) is 25.5 Å². The van der Waals surface area contributed by atoms with E-state index in [2.05, 4.69) is 22.0 Å². The van der Waals surface area contributed by atoms with Crippen molar-refractivity contribution >= 4 is 5.84 Å². The molecule has 1 heterocycles. The third-order valence-corrected chi connectivity index (χ3v) is 2.48. The van der Waals surface area contributed by atoms with Crippen LogP contribution in [0, 0.1) is 0 Å². The molecule has 0 aliphatic carbocycles. The van der Waals surface area contributed by atoms with Gasteiger partial charge in [0.15, 0.2) is 5.84 Å². The Morgan fingerprint density at radius 3 is 2.89 bits per heavy atom. The molecule has 0 unspecified atom stereocenters. The first-order valence-electron chi connectivity index (χ1n) is 6.21. The van der Waals surface area contributed by atoms with Gasteiger partial charge in [-0.25, -0.2) is 4.98 Å². The zero-order chi connectivity index (χ0) is 13.2. The lowest BCUT2D eigenvalue weighted by Crippen LogP contribution is -2.15. The number of nitrogens with two attached hydrogens (primary N) is 1. The van der Waals surface area contributed by atoms with Crippen molar-refractivity contribution in [1.82, 2.24) is 9.97 Å². The largest absolute Gasteiger partial charge is 0.463 e. The van der Waals surface area contributed by atoms with Gasteiger partial charge in [-0.05, 0) is 12.5 Å². The molecule has 6 heteroatoms. The highest BCUT2D eigenvalue weighted by Crippen LogP contribution is 2.06. The van der Waals surface area contributed by atoms with Crippen LogP contribution in [-0.2, 0) is 0 Å². The lowest BCUT2D eigenvalue weighted by atomic mass is 10.2. The van der Waals surface area contributed by atoms with E-state index in [1.807, 2.05) is 0 Å². The molecule has 0 saturated carbocycles. The van der Waals surface area contributed by atoms with Crippen LogP contribution in [-0.4, -0.2) is 27.6 Å². The number of amidine groups is 1. The van der Waals surface area contributed by atoms with E-state index in [9.17, 15) is 0 Å². The molecule has 0 amide bonds. The van der Waals surface area contributed by atoms with Gasteiger partial charge in [0, 0.05) is 6.20 Å². The summed E-state index contributed by atoms with van der Waals surface area (Å²) in [5.41, 5.74) is 5.78. The van der Waals surface area contributed by atoms with Gasteiger partial charge in [-0.2, -0.15) is 4.98 Å². The molecule has 0 bridgehead atoms. The number of rotatable bonds is 8. The van der Waals surface area contributed by atoms with E-state index in [0.717, 1.165) is 12.8 Å². The molecule has 0 saturated heterocycles. The summed E-state index contributed by atoms with van der Waals surface area (Å²) in [6.07, 6.45) is 7.36. The number of hydrogen-bond donors (Lipinski definition) is 2. The van der Waals surface area contributed by atoms with Crippen LogP contribution in [0.3, 0.4) is 0 Å². The molecule has 100 valence electrons. The maximum atomic E-state index is 8.54. The first-order valence-corrected chi connectivity index (χ1v) is 6.21. The third kappa shape index (κ3) is 4.99. The van der Waals surface area contributed by atoms with Gasteiger partial charge >= 0.3 is 6.01 Å². The van der Waals surface area contributed by atoms with E-state index in [1.54, 1.807) is 6.07 Å². The average molecular weight is 252 g/mol. The standard InChI is InChI=1S/C12H20N4O2/c1-2-3-4-5-6-9-18-12-14-8-7-10(15-12)11(13)16-17/h7-8,17H,2-6,9H2,1H3,(H2,13,16). The highest BCUT2D eigenvalue weighted by atomic mass is 16.5. The SMILES string of the molecule is CCCCCCCOc1nccc(/C(N)=N/O)n1. The minimum Gasteiger partial charge on any atom is -0.463 e. The van der Waals surface area contributed by atoms with Crippen LogP contribution in [0.25, 0.3) is 0 Å². The quantitative estimate of drug-likeness (QED) is 0.242. The normalized spacial score (nSPS) is 11.5. The Balaban J connectivity index is 2.34. The molecule has 0 fully saturated rings. The molecule has 1 aromatic heterocycles. The molecular formula is C12H20N4O2. The molecule has 6 nitrogen and oxygen atoms in total. The Kier molecular flexibility index (Phi) is 6.53. The summed E-state index contributed by atoms with van der Waals surface area (Å²) in [5, 5.41) is 11.4. The Hall–Kier alpha value is -1.85. The summed E-state index contributed by atoms with van der Waals surface area (Å²) >= 11 is 0. The van der Waals surface area contributed by atoms with Gasteiger partial charge in [0.25, 0.3) is 0 Å². The average Bonchev–Trinajstić information content (AvgIpc) is 2.42. The van der Waals surface area contributed by atoms with Crippen molar-refractivity contribution in [2.75, 3.05) is 6.61 Å². The first-order chi connectivity index (χ1) is 8.77. The van der Waals surface area contributed by atoms with Crippen molar-refractivity contribution in [3.63, 3.8) is 0 Å². The fourth-order valence-electron chi connectivity index (χ4n) is 1.47. The number of unbranched alkanes of at least 4 members (excludes halogenated alkanes) is 4. The van der Waals surface area contributed by atoms with E-state index in [-0.39, 0.29) is 11.8 Å². The molecule has 0 atom stereocenters. The molecule has 3 N–H and O–H groups in total.